The molecular formula is C27H35ClF2N2O2. The SMILES string of the molecule is CCC(C)C1CC(=O)N(CCOC)C1.CCc1ccc(F)cc1F.Cc1ccc(C#N)c(Cl)c1. The first-order valence-electron chi connectivity index (χ1n) is 11.5. The van der Waals surface area contributed by atoms with E-state index < -0.39 is 11.6 Å². The lowest BCUT2D eigenvalue weighted by molar-refractivity contribution is -0.128. The molecule has 0 bridgehead atoms. The van der Waals surface area contributed by atoms with Crippen molar-refractivity contribution in [3.05, 3.63) is 69.7 Å². The summed E-state index contributed by atoms with van der Waals surface area (Å²) in [6, 6.07) is 11.0. The Labute approximate surface area is 207 Å². The van der Waals surface area contributed by atoms with Crippen LogP contribution in [0.15, 0.2) is 36.4 Å². The first kappa shape index (κ1) is 29.5. The summed E-state index contributed by atoms with van der Waals surface area (Å²) in [5.74, 6) is 0.542. The maximum atomic E-state index is 12.6. The van der Waals surface area contributed by atoms with Gasteiger partial charge in [0.25, 0.3) is 0 Å². The van der Waals surface area contributed by atoms with E-state index in [1.54, 1.807) is 19.2 Å². The zero-order chi connectivity index (χ0) is 25.7. The zero-order valence-electron chi connectivity index (χ0n) is 20.7. The Morgan fingerprint density at radius 3 is 2.47 bits per heavy atom. The summed E-state index contributed by atoms with van der Waals surface area (Å²) in [5.41, 5.74) is 2.16. The molecule has 1 heterocycles. The third-order valence-corrected chi connectivity index (χ3v) is 6.21. The van der Waals surface area contributed by atoms with Gasteiger partial charge in [-0.25, -0.2) is 8.78 Å². The third kappa shape index (κ3) is 9.79. The van der Waals surface area contributed by atoms with Crippen molar-refractivity contribution in [3.63, 3.8) is 0 Å². The van der Waals surface area contributed by atoms with Crippen molar-refractivity contribution in [1.82, 2.24) is 4.90 Å². The predicted molar refractivity (Wildman–Crippen MR) is 133 cm³/mol. The van der Waals surface area contributed by atoms with Gasteiger partial charge in [0, 0.05) is 32.7 Å². The van der Waals surface area contributed by atoms with E-state index in [-0.39, 0.29) is 0 Å². The normalized spacial score (nSPS) is 15.6. The van der Waals surface area contributed by atoms with E-state index >= 15 is 0 Å². The number of aryl methyl sites for hydroxylation is 2. The first-order chi connectivity index (χ1) is 16.2. The van der Waals surface area contributed by atoms with Crippen molar-refractivity contribution < 1.29 is 18.3 Å². The number of benzene rings is 2. The minimum Gasteiger partial charge on any atom is -0.383 e. The average molecular weight is 493 g/mol. The molecule has 2 aromatic rings. The molecule has 1 fully saturated rings. The number of hydrogen-bond acceptors (Lipinski definition) is 3. The number of nitrogens with zero attached hydrogens (tertiary/aromatic N) is 2. The lowest BCUT2D eigenvalue weighted by atomic mass is 9.91. The molecule has 4 nitrogen and oxygen atoms in total. The second kappa shape index (κ2) is 15.4. The van der Waals surface area contributed by atoms with Gasteiger partial charge in [-0.15, -0.1) is 0 Å². The Kier molecular flexibility index (Phi) is 13.4. The number of hydrogen-bond donors (Lipinski definition) is 0. The van der Waals surface area contributed by atoms with Crippen LogP contribution in [-0.4, -0.2) is 37.6 Å². The largest absolute Gasteiger partial charge is 0.383 e. The van der Waals surface area contributed by atoms with Crippen LogP contribution in [0.5, 0.6) is 0 Å². The number of rotatable bonds is 6. The van der Waals surface area contributed by atoms with Gasteiger partial charge >= 0.3 is 0 Å². The van der Waals surface area contributed by atoms with Crippen LogP contribution in [0.1, 0.15) is 50.3 Å². The van der Waals surface area contributed by atoms with E-state index in [1.165, 1.54) is 12.1 Å². The Morgan fingerprint density at radius 2 is 1.94 bits per heavy atom. The van der Waals surface area contributed by atoms with Gasteiger partial charge in [0.15, 0.2) is 0 Å². The molecule has 1 amide bonds. The highest BCUT2D eigenvalue weighted by molar-refractivity contribution is 6.31. The molecule has 0 aromatic heterocycles. The third-order valence-electron chi connectivity index (χ3n) is 5.90. The van der Waals surface area contributed by atoms with Crippen molar-refractivity contribution in [1.29, 1.82) is 5.26 Å². The van der Waals surface area contributed by atoms with Crippen molar-refractivity contribution >= 4 is 17.5 Å². The van der Waals surface area contributed by atoms with Gasteiger partial charge in [0.05, 0.1) is 17.2 Å². The summed E-state index contributed by atoms with van der Waals surface area (Å²) in [4.78, 5) is 13.5. The highest BCUT2D eigenvalue weighted by atomic mass is 35.5. The maximum Gasteiger partial charge on any atom is 0.223 e. The Balaban J connectivity index is 0.000000261. The van der Waals surface area contributed by atoms with Crippen molar-refractivity contribution in [3.8, 4) is 6.07 Å². The lowest BCUT2D eigenvalue weighted by Gasteiger charge is -2.18. The number of nitriles is 1. The fraction of sp³-hybridized carbons (Fsp3) is 0.481. The first-order valence-corrected chi connectivity index (χ1v) is 11.9. The van der Waals surface area contributed by atoms with Crippen LogP contribution in [0.2, 0.25) is 5.02 Å². The highest BCUT2D eigenvalue weighted by Gasteiger charge is 2.31. The molecule has 1 saturated heterocycles. The summed E-state index contributed by atoms with van der Waals surface area (Å²) in [7, 11) is 1.67. The molecule has 0 radical (unpaired) electrons. The van der Waals surface area contributed by atoms with Crippen LogP contribution >= 0.6 is 11.6 Å². The summed E-state index contributed by atoms with van der Waals surface area (Å²) >= 11 is 5.71. The van der Waals surface area contributed by atoms with E-state index in [0.29, 0.717) is 46.9 Å². The lowest BCUT2D eigenvalue weighted by Crippen LogP contribution is -2.29. The Bertz CT molecular complexity index is 962. The van der Waals surface area contributed by atoms with E-state index in [1.807, 2.05) is 30.9 Å². The molecule has 7 heteroatoms. The van der Waals surface area contributed by atoms with Gasteiger partial charge in [-0.05, 0) is 54.5 Å². The summed E-state index contributed by atoms with van der Waals surface area (Å²) in [6.07, 6.45) is 2.50. The molecule has 186 valence electrons. The minimum atomic E-state index is -0.519. The Morgan fingerprint density at radius 1 is 1.24 bits per heavy atom. The minimum absolute atomic E-state index is 0.298. The van der Waals surface area contributed by atoms with E-state index in [9.17, 15) is 13.6 Å². The predicted octanol–water partition coefficient (Wildman–Crippen LogP) is 6.57. The van der Waals surface area contributed by atoms with Gasteiger partial charge in [-0.1, -0.05) is 50.9 Å². The molecule has 0 saturated carbocycles. The number of ether oxygens (including phenoxy) is 1. The van der Waals surface area contributed by atoms with Crippen molar-refractivity contribution in [2.24, 2.45) is 11.8 Å². The van der Waals surface area contributed by atoms with Crippen LogP contribution in [0, 0.1) is 41.7 Å². The number of likely N-dealkylation sites (tertiary alicyclic amines) is 1. The summed E-state index contributed by atoms with van der Waals surface area (Å²) in [5, 5.41) is 9.00. The second-order valence-corrected chi connectivity index (χ2v) is 8.77. The molecule has 2 aromatic carbocycles. The van der Waals surface area contributed by atoms with Gasteiger partial charge in [-0.2, -0.15) is 5.26 Å². The number of amides is 1. The molecular weight excluding hydrogens is 458 g/mol. The Hall–Kier alpha value is -2.49. The van der Waals surface area contributed by atoms with Crippen molar-refractivity contribution in [2.45, 2.75) is 47.0 Å². The number of carbonyl (C=O) groups is 1. The van der Waals surface area contributed by atoms with E-state index in [4.69, 9.17) is 21.6 Å². The van der Waals surface area contributed by atoms with Gasteiger partial charge < -0.3 is 9.64 Å². The zero-order valence-corrected chi connectivity index (χ0v) is 21.5. The summed E-state index contributed by atoms with van der Waals surface area (Å²) < 4.78 is 29.8. The van der Waals surface area contributed by atoms with Crippen LogP contribution in [-0.2, 0) is 16.0 Å². The van der Waals surface area contributed by atoms with Crippen molar-refractivity contribution in [2.75, 3.05) is 26.8 Å². The van der Waals surface area contributed by atoms with Gasteiger partial charge in [0.2, 0.25) is 5.91 Å². The standard InChI is InChI=1S/C11H21NO2.C8H6ClN.C8H8F2/c1-4-9(2)10-7-11(13)12(8-10)5-6-14-3;1-6-2-3-7(5-10)8(9)4-6;1-2-6-3-4-7(9)5-8(6)10/h9-10H,4-8H2,1-3H3;2-4H,1H3;3-5H,2H2,1H3. The van der Waals surface area contributed by atoms with Crippen LogP contribution in [0.3, 0.4) is 0 Å². The molecule has 0 spiro atoms. The van der Waals surface area contributed by atoms with Crippen LogP contribution < -0.4 is 0 Å². The smallest absolute Gasteiger partial charge is 0.223 e. The molecule has 34 heavy (non-hydrogen) atoms. The molecule has 1 aliphatic rings. The highest BCUT2D eigenvalue weighted by Crippen LogP contribution is 2.26. The number of carbonyl (C=O) groups excluding carboxylic acids is 1. The number of halogens is 3. The monoisotopic (exact) mass is 492 g/mol. The topological polar surface area (TPSA) is 53.3 Å². The fourth-order valence-corrected chi connectivity index (χ4v) is 3.73. The molecule has 0 aliphatic carbocycles. The van der Waals surface area contributed by atoms with Gasteiger partial charge in [-0.3, -0.25) is 4.79 Å². The molecule has 2 unspecified atom stereocenters. The van der Waals surface area contributed by atoms with E-state index in [0.717, 1.165) is 37.6 Å². The summed E-state index contributed by atoms with van der Waals surface area (Å²) in [6.45, 7) is 10.5. The fourth-order valence-electron chi connectivity index (χ4n) is 3.45. The quantitative estimate of drug-likeness (QED) is 0.458. The maximum absolute atomic E-state index is 12.6. The van der Waals surface area contributed by atoms with Crippen LogP contribution in [0.4, 0.5) is 8.78 Å². The second-order valence-electron chi connectivity index (χ2n) is 8.37. The molecule has 1 aliphatic heterocycles. The van der Waals surface area contributed by atoms with E-state index in [2.05, 4.69) is 13.8 Å². The molecule has 0 N–H and O–H groups in total. The van der Waals surface area contributed by atoms with Gasteiger partial charge in [0.1, 0.15) is 17.7 Å². The molecule has 2 atom stereocenters. The van der Waals surface area contributed by atoms with Crippen LogP contribution in [0.25, 0.3) is 0 Å². The average Bonchev–Trinajstić information content (AvgIpc) is 3.18. The molecule has 3 rings (SSSR count). The number of methoxy groups -OCH3 is 1.